The molecule has 0 aliphatic carbocycles. The van der Waals surface area contributed by atoms with Gasteiger partial charge in [-0.15, -0.1) is 0 Å². The maximum absolute atomic E-state index is 11.3. The molecule has 0 radical (unpaired) electrons. The molecule has 1 unspecified atom stereocenters. The zero-order chi connectivity index (χ0) is 13.0. The summed E-state index contributed by atoms with van der Waals surface area (Å²) >= 11 is 0. The number of benzene rings is 1. The highest BCUT2D eigenvalue weighted by molar-refractivity contribution is 5.76. The number of rotatable bonds is 5. The van der Waals surface area contributed by atoms with E-state index < -0.39 is 11.9 Å². The Balaban J connectivity index is 2.22. The molecule has 1 heterocycles. The Labute approximate surface area is 107 Å². The number of ether oxygens (including phenoxy) is 2. The predicted molar refractivity (Wildman–Crippen MR) is 67.1 cm³/mol. The number of fused-ring (bicyclic) bond motifs is 1. The third kappa shape index (κ3) is 2.82. The van der Waals surface area contributed by atoms with Crippen LogP contribution in [0.5, 0.6) is 5.75 Å². The molecular formula is C14H18O4. The maximum Gasteiger partial charge on any atom is 0.311 e. The number of aliphatic carboxylic acids is 1. The summed E-state index contributed by atoms with van der Waals surface area (Å²) in [6, 6.07) is 5.69. The largest absolute Gasteiger partial charge is 0.493 e. The van der Waals surface area contributed by atoms with Crippen LogP contribution in [0.1, 0.15) is 29.9 Å². The van der Waals surface area contributed by atoms with Crippen molar-refractivity contribution in [3.05, 3.63) is 29.3 Å². The second-order valence-corrected chi connectivity index (χ2v) is 4.49. The lowest BCUT2D eigenvalue weighted by Gasteiger charge is -2.20. The number of carbonyl (C=O) groups is 1. The normalized spacial score (nSPS) is 15.6. The van der Waals surface area contributed by atoms with E-state index in [1.807, 2.05) is 18.2 Å². The molecule has 18 heavy (non-hydrogen) atoms. The number of aryl methyl sites for hydroxylation is 1. The van der Waals surface area contributed by atoms with E-state index >= 15 is 0 Å². The molecule has 0 saturated heterocycles. The summed E-state index contributed by atoms with van der Waals surface area (Å²) in [5, 5.41) is 9.27. The predicted octanol–water partition coefficient (Wildman–Crippen LogP) is 2.22. The summed E-state index contributed by atoms with van der Waals surface area (Å²) in [5.74, 6) is -0.415. The molecule has 1 aromatic rings. The zero-order valence-electron chi connectivity index (χ0n) is 10.5. The molecule has 0 aromatic heterocycles. The van der Waals surface area contributed by atoms with E-state index in [1.165, 1.54) is 0 Å². The van der Waals surface area contributed by atoms with Gasteiger partial charge in [0.25, 0.3) is 0 Å². The fraction of sp³-hybridized carbons (Fsp3) is 0.500. The quantitative estimate of drug-likeness (QED) is 0.870. The molecule has 1 aliphatic rings. The minimum Gasteiger partial charge on any atom is -0.493 e. The monoisotopic (exact) mass is 250 g/mol. The summed E-state index contributed by atoms with van der Waals surface area (Å²) in [5.41, 5.74) is 1.95. The van der Waals surface area contributed by atoms with Crippen molar-refractivity contribution in [2.24, 2.45) is 0 Å². The van der Waals surface area contributed by atoms with E-state index in [0.29, 0.717) is 13.0 Å². The fourth-order valence-electron chi connectivity index (χ4n) is 2.27. The van der Waals surface area contributed by atoms with E-state index in [0.717, 1.165) is 36.3 Å². The van der Waals surface area contributed by atoms with Crippen LogP contribution in [0.4, 0.5) is 0 Å². The summed E-state index contributed by atoms with van der Waals surface area (Å²) in [6.45, 7) is 1.20. The first-order valence-electron chi connectivity index (χ1n) is 6.19. The SMILES string of the molecule is COCCC(C(=O)O)c1ccc2c(c1)CCCO2. The van der Waals surface area contributed by atoms with Crippen molar-refractivity contribution in [3.8, 4) is 5.75 Å². The van der Waals surface area contributed by atoms with E-state index in [1.54, 1.807) is 7.11 Å². The molecule has 98 valence electrons. The molecule has 0 bridgehead atoms. The Kier molecular flexibility index (Phi) is 4.20. The molecule has 1 atom stereocenters. The highest BCUT2D eigenvalue weighted by atomic mass is 16.5. The highest BCUT2D eigenvalue weighted by Gasteiger charge is 2.21. The molecule has 4 nitrogen and oxygen atoms in total. The van der Waals surface area contributed by atoms with Gasteiger partial charge in [0.1, 0.15) is 5.75 Å². The molecule has 1 aliphatic heterocycles. The zero-order valence-corrected chi connectivity index (χ0v) is 10.5. The van der Waals surface area contributed by atoms with Gasteiger partial charge in [-0.3, -0.25) is 4.79 Å². The number of hydrogen-bond donors (Lipinski definition) is 1. The average molecular weight is 250 g/mol. The Hall–Kier alpha value is -1.55. The molecular weight excluding hydrogens is 232 g/mol. The first kappa shape index (κ1) is 12.9. The third-order valence-corrected chi connectivity index (χ3v) is 3.24. The lowest BCUT2D eigenvalue weighted by Crippen LogP contribution is -2.15. The molecule has 0 amide bonds. The fourth-order valence-corrected chi connectivity index (χ4v) is 2.27. The van der Waals surface area contributed by atoms with Gasteiger partial charge in [0.15, 0.2) is 0 Å². The van der Waals surface area contributed by atoms with E-state index in [4.69, 9.17) is 9.47 Å². The van der Waals surface area contributed by atoms with E-state index in [9.17, 15) is 9.90 Å². The first-order chi connectivity index (χ1) is 8.72. The molecule has 2 rings (SSSR count). The molecule has 0 fully saturated rings. The van der Waals surface area contributed by atoms with Crippen LogP contribution in [0.15, 0.2) is 18.2 Å². The Morgan fingerprint density at radius 2 is 2.39 bits per heavy atom. The molecule has 0 spiro atoms. The number of carboxylic acid groups (broad SMARTS) is 1. The maximum atomic E-state index is 11.3. The Bertz CT molecular complexity index is 428. The van der Waals surface area contributed by atoms with Crippen molar-refractivity contribution in [1.29, 1.82) is 0 Å². The summed E-state index contributed by atoms with van der Waals surface area (Å²) in [6.07, 6.45) is 2.44. The van der Waals surface area contributed by atoms with Crippen LogP contribution < -0.4 is 4.74 Å². The van der Waals surface area contributed by atoms with E-state index in [2.05, 4.69) is 0 Å². The van der Waals surface area contributed by atoms with Crippen LogP contribution in [0.3, 0.4) is 0 Å². The molecule has 4 heteroatoms. The summed E-state index contributed by atoms with van der Waals surface area (Å²) in [4.78, 5) is 11.3. The lowest BCUT2D eigenvalue weighted by atomic mass is 9.93. The second-order valence-electron chi connectivity index (χ2n) is 4.49. The van der Waals surface area contributed by atoms with Crippen LogP contribution in [0.2, 0.25) is 0 Å². The minimum atomic E-state index is -0.802. The summed E-state index contributed by atoms with van der Waals surface area (Å²) in [7, 11) is 1.58. The van der Waals surface area contributed by atoms with Gasteiger partial charge < -0.3 is 14.6 Å². The van der Waals surface area contributed by atoms with Gasteiger partial charge >= 0.3 is 5.97 Å². The molecule has 1 aromatic carbocycles. The van der Waals surface area contributed by atoms with Gasteiger partial charge in [-0.1, -0.05) is 12.1 Å². The number of hydrogen-bond acceptors (Lipinski definition) is 3. The van der Waals surface area contributed by atoms with Gasteiger partial charge in [0.05, 0.1) is 12.5 Å². The van der Waals surface area contributed by atoms with Gasteiger partial charge in [0, 0.05) is 13.7 Å². The van der Waals surface area contributed by atoms with Crippen LogP contribution >= 0.6 is 0 Å². The Morgan fingerprint density at radius 3 is 3.11 bits per heavy atom. The summed E-state index contributed by atoms with van der Waals surface area (Å²) < 4.78 is 10.5. The minimum absolute atomic E-state index is 0.449. The van der Waals surface area contributed by atoms with Crippen LogP contribution in [-0.4, -0.2) is 31.4 Å². The smallest absolute Gasteiger partial charge is 0.311 e. The van der Waals surface area contributed by atoms with Crippen LogP contribution in [-0.2, 0) is 16.0 Å². The average Bonchev–Trinajstić information content (AvgIpc) is 2.38. The van der Waals surface area contributed by atoms with Gasteiger partial charge in [-0.2, -0.15) is 0 Å². The second kappa shape index (κ2) is 5.87. The van der Waals surface area contributed by atoms with Crippen molar-refractivity contribution in [2.45, 2.75) is 25.2 Å². The number of carboxylic acids is 1. The Morgan fingerprint density at radius 1 is 1.56 bits per heavy atom. The van der Waals surface area contributed by atoms with Gasteiger partial charge in [-0.25, -0.2) is 0 Å². The first-order valence-corrected chi connectivity index (χ1v) is 6.19. The molecule has 1 N–H and O–H groups in total. The van der Waals surface area contributed by atoms with Crippen molar-refractivity contribution < 1.29 is 19.4 Å². The standard InChI is InChI=1S/C14H18O4/c1-17-8-6-12(14(15)16)10-4-5-13-11(9-10)3-2-7-18-13/h4-5,9,12H,2-3,6-8H2,1H3,(H,15,16). The van der Waals surface area contributed by atoms with Gasteiger partial charge in [0.2, 0.25) is 0 Å². The van der Waals surface area contributed by atoms with Crippen LogP contribution in [0, 0.1) is 0 Å². The molecule has 0 saturated carbocycles. The lowest BCUT2D eigenvalue weighted by molar-refractivity contribution is -0.139. The van der Waals surface area contributed by atoms with Crippen molar-refractivity contribution >= 4 is 5.97 Å². The third-order valence-electron chi connectivity index (χ3n) is 3.24. The highest BCUT2D eigenvalue weighted by Crippen LogP contribution is 2.29. The van der Waals surface area contributed by atoms with Crippen molar-refractivity contribution in [3.63, 3.8) is 0 Å². The van der Waals surface area contributed by atoms with Crippen molar-refractivity contribution in [2.75, 3.05) is 20.3 Å². The van der Waals surface area contributed by atoms with E-state index in [-0.39, 0.29) is 0 Å². The number of methoxy groups -OCH3 is 1. The topological polar surface area (TPSA) is 55.8 Å². The van der Waals surface area contributed by atoms with Crippen LogP contribution in [0.25, 0.3) is 0 Å². The van der Waals surface area contributed by atoms with Crippen molar-refractivity contribution in [1.82, 2.24) is 0 Å². The van der Waals surface area contributed by atoms with Gasteiger partial charge in [-0.05, 0) is 36.5 Å².